The Hall–Kier alpha value is -4.85. The molecule has 0 unspecified atom stereocenters. The molecule has 2 heterocycles. The van der Waals surface area contributed by atoms with Gasteiger partial charge in [0.25, 0.3) is 11.8 Å². The third kappa shape index (κ3) is 5.70. The Kier molecular flexibility index (Phi) is 7.73. The van der Waals surface area contributed by atoms with E-state index in [1.165, 1.54) is 25.3 Å². The van der Waals surface area contributed by atoms with Gasteiger partial charge in [-0.15, -0.1) is 0 Å². The SMILES string of the molecule is COc1cccc(OC)c1C(=O)Nc1ccc(N2CCc3ccccc3C2)c(C(=O)NCc2cccnc2)c1. The summed E-state index contributed by atoms with van der Waals surface area (Å²) in [4.78, 5) is 33.2. The van der Waals surface area contributed by atoms with Gasteiger partial charge < -0.3 is 25.0 Å². The lowest BCUT2D eigenvalue weighted by atomic mass is 9.98. The lowest BCUT2D eigenvalue weighted by Gasteiger charge is -2.32. The van der Waals surface area contributed by atoms with Crippen LogP contribution in [-0.2, 0) is 19.5 Å². The van der Waals surface area contributed by atoms with E-state index in [1.807, 2.05) is 30.3 Å². The second kappa shape index (κ2) is 11.7. The third-order valence-corrected chi connectivity index (χ3v) is 6.80. The smallest absolute Gasteiger partial charge is 0.263 e. The van der Waals surface area contributed by atoms with Crippen LogP contribution < -0.4 is 25.0 Å². The van der Waals surface area contributed by atoms with Crippen LogP contribution in [-0.4, -0.2) is 37.6 Å². The minimum absolute atomic E-state index is 0.237. The topological polar surface area (TPSA) is 92.8 Å². The van der Waals surface area contributed by atoms with Gasteiger partial charge in [0.15, 0.2) is 0 Å². The first kappa shape index (κ1) is 25.8. The van der Waals surface area contributed by atoms with Gasteiger partial charge in [0.1, 0.15) is 17.1 Å². The number of methoxy groups -OCH3 is 2. The summed E-state index contributed by atoms with van der Waals surface area (Å²) in [6.07, 6.45) is 4.31. The monoisotopic (exact) mass is 522 g/mol. The number of hydrogen-bond donors (Lipinski definition) is 2. The van der Waals surface area contributed by atoms with Gasteiger partial charge in [0.05, 0.1) is 19.8 Å². The molecule has 3 aromatic carbocycles. The lowest BCUT2D eigenvalue weighted by Crippen LogP contribution is -2.33. The predicted octanol–water partition coefficient (Wildman–Crippen LogP) is 4.84. The molecule has 8 heteroatoms. The largest absolute Gasteiger partial charge is 0.496 e. The zero-order chi connectivity index (χ0) is 27.2. The number of pyridine rings is 1. The quantitative estimate of drug-likeness (QED) is 0.344. The molecular weight excluding hydrogens is 492 g/mol. The van der Waals surface area contributed by atoms with Gasteiger partial charge in [-0.05, 0) is 59.5 Å². The van der Waals surface area contributed by atoms with Crippen molar-refractivity contribution in [2.24, 2.45) is 0 Å². The van der Waals surface area contributed by atoms with E-state index in [2.05, 4.69) is 38.7 Å². The molecule has 2 N–H and O–H groups in total. The number of nitrogens with zero attached hydrogens (tertiary/aromatic N) is 2. The fourth-order valence-electron chi connectivity index (χ4n) is 4.82. The molecule has 4 aromatic rings. The Morgan fingerprint density at radius 2 is 1.67 bits per heavy atom. The maximum atomic E-state index is 13.5. The van der Waals surface area contributed by atoms with Gasteiger partial charge in [-0.1, -0.05) is 36.4 Å². The summed E-state index contributed by atoms with van der Waals surface area (Å²) in [5, 5.41) is 5.92. The second-order valence-corrected chi connectivity index (χ2v) is 9.21. The fraction of sp³-hybridized carbons (Fsp3) is 0.194. The highest BCUT2D eigenvalue weighted by molar-refractivity contribution is 6.09. The van der Waals surface area contributed by atoms with Gasteiger partial charge in [-0.3, -0.25) is 14.6 Å². The average molecular weight is 523 g/mol. The maximum absolute atomic E-state index is 13.5. The molecule has 39 heavy (non-hydrogen) atoms. The minimum atomic E-state index is -0.398. The number of fused-ring (bicyclic) bond motifs is 1. The number of ether oxygens (including phenoxy) is 2. The number of hydrogen-bond acceptors (Lipinski definition) is 6. The van der Waals surface area contributed by atoms with Crippen molar-refractivity contribution in [3.63, 3.8) is 0 Å². The summed E-state index contributed by atoms with van der Waals surface area (Å²) in [6.45, 7) is 1.82. The van der Waals surface area contributed by atoms with Gasteiger partial charge in [-0.2, -0.15) is 0 Å². The van der Waals surface area contributed by atoms with Crippen LogP contribution in [0.4, 0.5) is 11.4 Å². The van der Waals surface area contributed by atoms with Crippen LogP contribution in [0.2, 0.25) is 0 Å². The Labute approximate surface area is 227 Å². The maximum Gasteiger partial charge on any atom is 0.263 e. The van der Waals surface area contributed by atoms with Crippen LogP contribution in [0.1, 0.15) is 37.4 Å². The zero-order valence-electron chi connectivity index (χ0n) is 21.9. The van der Waals surface area contributed by atoms with Gasteiger partial charge in [-0.25, -0.2) is 0 Å². The first-order valence-corrected chi connectivity index (χ1v) is 12.7. The number of aromatic nitrogens is 1. The molecule has 1 aliphatic rings. The second-order valence-electron chi connectivity index (χ2n) is 9.21. The van der Waals surface area contributed by atoms with Crippen molar-refractivity contribution in [2.45, 2.75) is 19.5 Å². The molecule has 0 atom stereocenters. The first-order valence-electron chi connectivity index (χ1n) is 12.7. The van der Waals surface area contributed by atoms with Gasteiger partial charge >= 0.3 is 0 Å². The molecule has 0 spiro atoms. The molecule has 5 rings (SSSR count). The predicted molar refractivity (Wildman–Crippen MR) is 151 cm³/mol. The van der Waals surface area contributed by atoms with Crippen molar-refractivity contribution < 1.29 is 19.1 Å². The van der Waals surface area contributed by atoms with E-state index in [9.17, 15) is 9.59 Å². The van der Waals surface area contributed by atoms with E-state index in [1.54, 1.807) is 36.7 Å². The van der Waals surface area contributed by atoms with Crippen molar-refractivity contribution in [3.8, 4) is 11.5 Å². The molecule has 198 valence electrons. The first-order chi connectivity index (χ1) is 19.1. The molecule has 0 aliphatic carbocycles. The Morgan fingerprint density at radius 3 is 2.38 bits per heavy atom. The number of anilines is 2. The van der Waals surface area contributed by atoms with E-state index >= 15 is 0 Å². The number of benzene rings is 3. The number of nitrogens with one attached hydrogen (secondary N) is 2. The molecule has 0 saturated carbocycles. The Balaban J connectivity index is 1.45. The van der Waals surface area contributed by atoms with Crippen molar-refractivity contribution in [1.82, 2.24) is 10.3 Å². The summed E-state index contributed by atoms with van der Waals surface area (Å²) in [5.41, 5.74) is 5.51. The highest BCUT2D eigenvalue weighted by atomic mass is 16.5. The Morgan fingerprint density at radius 1 is 0.897 bits per heavy atom. The van der Waals surface area contributed by atoms with Crippen LogP contribution in [0.5, 0.6) is 11.5 Å². The van der Waals surface area contributed by atoms with Crippen molar-refractivity contribution in [2.75, 3.05) is 31.0 Å². The average Bonchev–Trinajstić information content (AvgIpc) is 2.99. The summed E-state index contributed by atoms with van der Waals surface area (Å²) in [6, 6.07) is 22.7. The van der Waals surface area contributed by atoms with Crippen molar-refractivity contribution in [1.29, 1.82) is 0 Å². The van der Waals surface area contributed by atoms with Crippen LogP contribution in [0.15, 0.2) is 85.2 Å². The highest BCUT2D eigenvalue weighted by Crippen LogP contribution is 2.32. The summed E-state index contributed by atoms with van der Waals surface area (Å²) >= 11 is 0. The number of amides is 2. The molecule has 0 saturated heterocycles. The van der Waals surface area contributed by atoms with E-state index < -0.39 is 5.91 Å². The standard InChI is InChI=1S/C31H30N4O4/c1-38-27-10-5-11-28(39-2)29(27)31(37)34-24-12-13-26(35-16-14-22-8-3-4-9-23(22)20-35)25(17-24)30(36)33-19-21-7-6-15-32-18-21/h3-13,15,17-18H,14,16,19-20H2,1-2H3,(H,33,36)(H,34,37). The van der Waals surface area contributed by atoms with Crippen LogP contribution in [0, 0.1) is 0 Å². The molecule has 0 radical (unpaired) electrons. The van der Waals surface area contributed by atoms with E-state index in [4.69, 9.17) is 9.47 Å². The molecule has 2 amide bonds. The molecular formula is C31H30N4O4. The highest BCUT2D eigenvalue weighted by Gasteiger charge is 2.23. The van der Waals surface area contributed by atoms with Gasteiger partial charge in [0.2, 0.25) is 0 Å². The third-order valence-electron chi connectivity index (χ3n) is 6.80. The van der Waals surface area contributed by atoms with E-state index in [-0.39, 0.29) is 11.5 Å². The minimum Gasteiger partial charge on any atom is -0.496 e. The zero-order valence-corrected chi connectivity index (χ0v) is 21.9. The molecule has 1 aromatic heterocycles. The van der Waals surface area contributed by atoms with E-state index in [0.29, 0.717) is 35.8 Å². The van der Waals surface area contributed by atoms with Crippen LogP contribution in [0.25, 0.3) is 0 Å². The number of rotatable bonds is 8. The lowest BCUT2D eigenvalue weighted by molar-refractivity contribution is 0.0949. The summed E-state index contributed by atoms with van der Waals surface area (Å²) < 4.78 is 10.8. The molecule has 0 bridgehead atoms. The fourth-order valence-corrected chi connectivity index (χ4v) is 4.82. The normalized spacial score (nSPS) is 12.3. The summed E-state index contributed by atoms with van der Waals surface area (Å²) in [7, 11) is 3.00. The number of carbonyl (C=O) groups excluding carboxylic acids is 2. The van der Waals surface area contributed by atoms with Crippen LogP contribution in [0.3, 0.4) is 0 Å². The molecule has 8 nitrogen and oxygen atoms in total. The van der Waals surface area contributed by atoms with Crippen molar-refractivity contribution >= 4 is 23.2 Å². The van der Waals surface area contributed by atoms with Crippen LogP contribution >= 0.6 is 0 Å². The molecule has 1 aliphatic heterocycles. The van der Waals surface area contributed by atoms with Crippen molar-refractivity contribution in [3.05, 3.63) is 113 Å². The Bertz CT molecular complexity index is 1470. The van der Waals surface area contributed by atoms with E-state index in [0.717, 1.165) is 24.2 Å². The van der Waals surface area contributed by atoms with Gasteiger partial charge in [0, 0.05) is 43.4 Å². The number of carbonyl (C=O) groups is 2. The summed E-state index contributed by atoms with van der Waals surface area (Å²) in [5.74, 6) is 0.152. The molecule has 0 fully saturated rings.